The first-order valence-corrected chi connectivity index (χ1v) is 4.94. The van der Waals surface area contributed by atoms with E-state index >= 15 is 0 Å². The molecule has 0 aromatic heterocycles. The molecule has 1 saturated heterocycles. The molecule has 0 bridgehead atoms. The maximum absolute atomic E-state index is 10.9. The lowest BCUT2D eigenvalue weighted by Gasteiger charge is -2.16. The molecule has 0 aromatic rings. The number of nitrogens with one attached hydrogen (secondary N) is 1. The number of hydrogen-bond donors (Lipinski definition) is 3. The molecular weight excluding hydrogens is 183 g/mol. The molecule has 1 heterocycles. The summed E-state index contributed by atoms with van der Waals surface area (Å²) in [6.07, 6.45) is 0. The normalized spacial score (nSPS) is 27.9. The monoisotopic (exact) mass is 200 g/mol. The van der Waals surface area contributed by atoms with Gasteiger partial charge in [0, 0.05) is 19.1 Å². The van der Waals surface area contributed by atoms with E-state index in [0.29, 0.717) is 13.1 Å². The Bertz CT molecular complexity index is 213. The molecule has 0 aromatic carbocycles. The molecule has 2 atom stereocenters. The molecule has 0 amide bonds. The molecule has 0 aliphatic carbocycles. The van der Waals surface area contributed by atoms with Crippen LogP contribution >= 0.6 is 0 Å². The van der Waals surface area contributed by atoms with Gasteiger partial charge in [0.1, 0.15) is 0 Å². The van der Waals surface area contributed by atoms with Crippen LogP contribution in [0.3, 0.4) is 0 Å². The minimum absolute atomic E-state index is 0.0490. The van der Waals surface area contributed by atoms with E-state index in [1.165, 1.54) is 0 Å². The Hall–Kier alpha value is -0.585. The molecule has 1 fully saturated rings. The number of rotatable bonds is 4. The fourth-order valence-corrected chi connectivity index (χ4v) is 1.86. The lowest BCUT2D eigenvalue weighted by molar-refractivity contribution is -0.141. The second-order valence-electron chi connectivity index (χ2n) is 3.69. The van der Waals surface area contributed by atoms with Gasteiger partial charge in [0.2, 0.25) is 0 Å². The van der Waals surface area contributed by atoms with Crippen LogP contribution in [0, 0.1) is 5.92 Å². The Morgan fingerprint density at radius 2 is 2.29 bits per heavy atom. The maximum atomic E-state index is 10.9. The standard InChI is InChI=1S/C8H17BN2O3/c1-3-10-7-5-11(9(2)14)4-6(7)8(12)13/h6-7,10,14H,3-5H2,1-2H3,(H,12,13)/t6-,7-/m1/s1. The van der Waals surface area contributed by atoms with Gasteiger partial charge in [-0.1, -0.05) is 6.92 Å². The summed E-state index contributed by atoms with van der Waals surface area (Å²) in [6.45, 7) is 5.38. The summed E-state index contributed by atoms with van der Waals surface area (Å²) in [5, 5.41) is 21.4. The fraction of sp³-hybridized carbons (Fsp3) is 0.875. The highest BCUT2D eigenvalue weighted by Crippen LogP contribution is 2.17. The molecule has 14 heavy (non-hydrogen) atoms. The van der Waals surface area contributed by atoms with Gasteiger partial charge in [0.05, 0.1) is 5.92 Å². The van der Waals surface area contributed by atoms with Crippen LogP contribution in [0.25, 0.3) is 0 Å². The summed E-state index contributed by atoms with van der Waals surface area (Å²) in [5.41, 5.74) is 0. The van der Waals surface area contributed by atoms with Crippen molar-refractivity contribution in [2.75, 3.05) is 19.6 Å². The summed E-state index contributed by atoms with van der Waals surface area (Å²) in [7, 11) is -0.569. The van der Waals surface area contributed by atoms with Crippen LogP contribution in [0.4, 0.5) is 0 Å². The summed E-state index contributed by atoms with van der Waals surface area (Å²) in [5.74, 6) is -1.20. The van der Waals surface area contributed by atoms with Crippen molar-refractivity contribution < 1.29 is 14.9 Å². The minimum Gasteiger partial charge on any atom is -0.481 e. The van der Waals surface area contributed by atoms with E-state index in [1.807, 2.05) is 6.92 Å². The lowest BCUT2D eigenvalue weighted by atomic mass is 9.86. The Balaban J connectivity index is 2.60. The number of carboxylic acids is 1. The van der Waals surface area contributed by atoms with Crippen molar-refractivity contribution in [3.63, 3.8) is 0 Å². The van der Waals surface area contributed by atoms with Crippen LogP contribution in [0.2, 0.25) is 6.82 Å². The Morgan fingerprint density at radius 1 is 1.64 bits per heavy atom. The zero-order chi connectivity index (χ0) is 10.7. The second kappa shape index (κ2) is 4.77. The van der Waals surface area contributed by atoms with E-state index in [0.717, 1.165) is 6.54 Å². The van der Waals surface area contributed by atoms with Gasteiger partial charge in [0.25, 0.3) is 0 Å². The lowest BCUT2D eigenvalue weighted by Crippen LogP contribution is -2.40. The van der Waals surface area contributed by atoms with Crippen LogP contribution in [0.1, 0.15) is 6.92 Å². The molecule has 0 saturated carbocycles. The Morgan fingerprint density at radius 3 is 2.71 bits per heavy atom. The van der Waals surface area contributed by atoms with Gasteiger partial charge in [-0.25, -0.2) is 0 Å². The van der Waals surface area contributed by atoms with Crippen molar-refractivity contribution in [1.29, 1.82) is 0 Å². The van der Waals surface area contributed by atoms with E-state index in [4.69, 9.17) is 5.11 Å². The molecule has 80 valence electrons. The van der Waals surface area contributed by atoms with Gasteiger partial charge in [-0.05, 0) is 13.4 Å². The molecule has 0 unspecified atom stereocenters. The quantitative estimate of drug-likeness (QED) is 0.512. The van der Waals surface area contributed by atoms with Crippen LogP contribution < -0.4 is 5.32 Å². The molecule has 1 aliphatic heterocycles. The van der Waals surface area contributed by atoms with Crippen molar-refractivity contribution in [3.05, 3.63) is 0 Å². The fourth-order valence-electron chi connectivity index (χ4n) is 1.86. The smallest absolute Gasteiger partial charge is 0.376 e. The minimum atomic E-state index is -0.792. The van der Waals surface area contributed by atoms with Gasteiger partial charge < -0.3 is 20.3 Å². The first kappa shape index (κ1) is 11.5. The number of hydrogen-bond acceptors (Lipinski definition) is 4. The third kappa shape index (κ3) is 2.46. The van der Waals surface area contributed by atoms with Crippen molar-refractivity contribution in [3.8, 4) is 0 Å². The van der Waals surface area contributed by atoms with E-state index in [9.17, 15) is 9.82 Å². The van der Waals surface area contributed by atoms with E-state index < -0.39 is 18.9 Å². The molecule has 1 aliphatic rings. The molecular formula is C8H17BN2O3. The van der Waals surface area contributed by atoms with Gasteiger partial charge in [0.15, 0.2) is 0 Å². The summed E-state index contributed by atoms with van der Waals surface area (Å²) < 4.78 is 0. The average molecular weight is 200 g/mol. The number of aliphatic carboxylic acids is 1. The van der Waals surface area contributed by atoms with E-state index in [-0.39, 0.29) is 6.04 Å². The van der Waals surface area contributed by atoms with Crippen molar-refractivity contribution in [1.82, 2.24) is 10.1 Å². The van der Waals surface area contributed by atoms with Crippen LogP contribution in [-0.4, -0.2) is 53.6 Å². The average Bonchev–Trinajstić information content (AvgIpc) is 2.49. The predicted molar refractivity (Wildman–Crippen MR) is 54.0 cm³/mol. The highest BCUT2D eigenvalue weighted by atomic mass is 16.4. The van der Waals surface area contributed by atoms with E-state index in [2.05, 4.69) is 5.32 Å². The maximum Gasteiger partial charge on any atom is 0.376 e. The topological polar surface area (TPSA) is 72.8 Å². The third-order valence-corrected chi connectivity index (χ3v) is 2.66. The SMILES string of the molecule is CCN[C@@H]1CN(B(C)O)C[C@H]1C(=O)O. The third-order valence-electron chi connectivity index (χ3n) is 2.66. The molecule has 3 N–H and O–H groups in total. The molecule has 0 spiro atoms. The zero-order valence-electron chi connectivity index (χ0n) is 8.60. The summed E-state index contributed by atoms with van der Waals surface area (Å²) in [6, 6.07) is -0.0490. The van der Waals surface area contributed by atoms with E-state index in [1.54, 1.807) is 11.6 Å². The van der Waals surface area contributed by atoms with Gasteiger partial charge in [-0.15, -0.1) is 0 Å². The second-order valence-corrected chi connectivity index (χ2v) is 3.69. The zero-order valence-corrected chi connectivity index (χ0v) is 8.60. The predicted octanol–water partition coefficient (Wildman–Crippen LogP) is -0.909. The van der Waals surface area contributed by atoms with Crippen molar-refractivity contribution in [2.45, 2.75) is 19.8 Å². The first-order valence-electron chi connectivity index (χ1n) is 4.94. The first-order chi connectivity index (χ1) is 6.56. The van der Waals surface area contributed by atoms with Crippen LogP contribution in [0.5, 0.6) is 0 Å². The van der Waals surface area contributed by atoms with Gasteiger partial charge in [-0.3, -0.25) is 4.79 Å². The van der Waals surface area contributed by atoms with Crippen LogP contribution in [0.15, 0.2) is 0 Å². The number of carbonyl (C=O) groups is 1. The molecule has 6 heteroatoms. The highest BCUT2D eigenvalue weighted by Gasteiger charge is 2.39. The number of nitrogens with zero attached hydrogens (tertiary/aromatic N) is 1. The molecule has 5 nitrogen and oxygen atoms in total. The highest BCUT2D eigenvalue weighted by molar-refractivity contribution is 6.45. The van der Waals surface area contributed by atoms with Crippen LogP contribution in [-0.2, 0) is 4.79 Å². The number of likely N-dealkylation sites (N-methyl/N-ethyl adjacent to an activating group) is 1. The molecule has 0 radical (unpaired) electrons. The number of carboxylic acid groups (broad SMARTS) is 1. The summed E-state index contributed by atoms with van der Waals surface area (Å²) in [4.78, 5) is 12.7. The Kier molecular flexibility index (Phi) is 3.91. The van der Waals surface area contributed by atoms with Gasteiger partial charge >= 0.3 is 13.0 Å². The van der Waals surface area contributed by atoms with Crippen molar-refractivity contribution in [2.24, 2.45) is 5.92 Å². The van der Waals surface area contributed by atoms with Crippen molar-refractivity contribution >= 4 is 13.0 Å². The largest absolute Gasteiger partial charge is 0.481 e. The summed E-state index contributed by atoms with van der Waals surface area (Å²) >= 11 is 0. The molecule has 1 rings (SSSR count). The Labute approximate surface area is 84.2 Å². The van der Waals surface area contributed by atoms with Gasteiger partial charge in [-0.2, -0.15) is 0 Å².